The van der Waals surface area contributed by atoms with Crippen molar-refractivity contribution in [1.29, 1.82) is 0 Å². The zero-order valence-corrected chi connectivity index (χ0v) is 13.0. The van der Waals surface area contributed by atoms with Gasteiger partial charge < -0.3 is 18.9 Å². The van der Waals surface area contributed by atoms with Crippen LogP contribution in [0.4, 0.5) is 0 Å². The predicted octanol–water partition coefficient (Wildman–Crippen LogP) is 3.33. The van der Waals surface area contributed by atoms with Crippen LogP contribution in [0.1, 0.15) is 23.2 Å². The van der Waals surface area contributed by atoms with E-state index in [1.807, 2.05) is 12.1 Å². The van der Waals surface area contributed by atoms with E-state index in [0.717, 1.165) is 36.5 Å². The van der Waals surface area contributed by atoms with Crippen LogP contribution in [0.5, 0.6) is 17.2 Å². The summed E-state index contributed by atoms with van der Waals surface area (Å²) in [6, 6.07) is 3.72. The number of alkyl halides is 1. The van der Waals surface area contributed by atoms with E-state index in [1.54, 1.807) is 21.3 Å². The lowest BCUT2D eigenvalue weighted by Crippen LogP contribution is -2.14. The van der Waals surface area contributed by atoms with Gasteiger partial charge in [0.15, 0.2) is 0 Å². The van der Waals surface area contributed by atoms with Gasteiger partial charge in [-0.15, -0.1) is 0 Å². The van der Waals surface area contributed by atoms with Gasteiger partial charge in [0.2, 0.25) is 0 Å². The Hall–Kier alpha value is -0.940. The first-order valence-corrected chi connectivity index (χ1v) is 7.18. The lowest BCUT2D eigenvalue weighted by molar-refractivity contribution is 0.109. The van der Waals surface area contributed by atoms with Crippen molar-refractivity contribution in [1.82, 2.24) is 0 Å². The number of halogens is 1. The minimum absolute atomic E-state index is 0.0470. The fourth-order valence-electron chi connectivity index (χ4n) is 2.32. The summed E-state index contributed by atoms with van der Waals surface area (Å²) in [5.41, 5.74) is 0.970. The maximum atomic E-state index is 5.74. The highest BCUT2D eigenvalue weighted by Crippen LogP contribution is 2.45. The first-order chi connectivity index (χ1) is 9.21. The Morgan fingerprint density at radius 2 is 1.79 bits per heavy atom. The molecule has 2 rings (SSSR count). The first kappa shape index (κ1) is 14.5. The smallest absolute Gasteiger partial charge is 0.130 e. The van der Waals surface area contributed by atoms with Gasteiger partial charge in [0.25, 0.3) is 0 Å². The van der Waals surface area contributed by atoms with Crippen LogP contribution in [0.15, 0.2) is 12.1 Å². The summed E-state index contributed by atoms with van der Waals surface area (Å²) in [6.45, 7) is 0.813. The molecule has 5 heteroatoms. The summed E-state index contributed by atoms with van der Waals surface area (Å²) in [5, 5.41) is 0. The molecule has 0 saturated carbocycles. The summed E-state index contributed by atoms with van der Waals surface area (Å²) in [5.74, 6) is 2.20. The lowest BCUT2D eigenvalue weighted by atomic mass is 10.0. The van der Waals surface area contributed by atoms with Crippen LogP contribution in [0.2, 0.25) is 0 Å². The molecule has 19 heavy (non-hydrogen) atoms. The van der Waals surface area contributed by atoms with Gasteiger partial charge in [0.05, 0.1) is 37.8 Å². The van der Waals surface area contributed by atoms with E-state index in [0.29, 0.717) is 5.75 Å². The van der Waals surface area contributed by atoms with E-state index in [4.69, 9.17) is 18.9 Å². The van der Waals surface area contributed by atoms with Gasteiger partial charge in [0.1, 0.15) is 17.2 Å². The average Bonchev–Trinajstić information content (AvgIpc) is 2.99. The van der Waals surface area contributed by atoms with Crippen LogP contribution < -0.4 is 14.2 Å². The van der Waals surface area contributed by atoms with E-state index in [1.165, 1.54) is 0 Å². The Labute approximate surface area is 122 Å². The SMILES string of the molecule is COc1cc(OC)c(C(Br)C2CCCO2)c(OC)c1. The fraction of sp³-hybridized carbons (Fsp3) is 0.571. The summed E-state index contributed by atoms with van der Waals surface area (Å²) in [7, 11) is 4.92. The predicted molar refractivity (Wildman–Crippen MR) is 76.7 cm³/mol. The third-order valence-corrected chi connectivity index (χ3v) is 4.37. The molecule has 1 heterocycles. The standard InChI is InChI=1S/C14H19BrO4/c1-16-9-7-11(17-2)13(12(8-9)18-3)14(15)10-5-4-6-19-10/h7-8,10,14H,4-6H2,1-3H3. The van der Waals surface area contributed by atoms with Crippen molar-refractivity contribution in [2.75, 3.05) is 27.9 Å². The van der Waals surface area contributed by atoms with E-state index >= 15 is 0 Å². The second-order valence-electron chi connectivity index (χ2n) is 4.40. The molecule has 4 nitrogen and oxygen atoms in total. The molecule has 2 unspecified atom stereocenters. The van der Waals surface area contributed by atoms with Crippen molar-refractivity contribution >= 4 is 15.9 Å². The maximum absolute atomic E-state index is 5.74. The van der Waals surface area contributed by atoms with Gasteiger partial charge in [-0.25, -0.2) is 0 Å². The van der Waals surface area contributed by atoms with Crippen molar-refractivity contribution in [3.05, 3.63) is 17.7 Å². The second kappa shape index (κ2) is 6.48. The molecule has 1 aromatic rings. The van der Waals surface area contributed by atoms with Crippen LogP contribution in [-0.2, 0) is 4.74 Å². The summed E-state index contributed by atoms with van der Waals surface area (Å²) >= 11 is 3.72. The molecular formula is C14H19BrO4. The highest BCUT2D eigenvalue weighted by Gasteiger charge is 2.30. The monoisotopic (exact) mass is 330 g/mol. The molecule has 0 aliphatic carbocycles. The van der Waals surface area contributed by atoms with Gasteiger partial charge in [0, 0.05) is 18.7 Å². The van der Waals surface area contributed by atoms with E-state index in [2.05, 4.69) is 15.9 Å². The Morgan fingerprint density at radius 1 is 1.16 bits per heavy atom. The fourth-order valence-corrected chi connectivity index (χ4v) is 3.19. The molecule has 1 aliphatic rings. The Morgan fingerprint density at radius 3 is 2.21 bits per heavy atom. The average molecular weight is 331 g/mol. The minimum Gasteiger partial charge on any atom is -0.496 e. The third kappa shape index (κ3) is 2.98. The van der Waals surface area contributed by atoms with Crippen LogP contribution in [0.25, 0.3) is 0 Å². The molecule has 0 aromatic heterocycles. The van der Waals surface area contributed by atoms with Crippen molar-refractivity contribution in [2.45, 2.75) is 23.8 Å². The van der Waals surface area contributed by atoms with E-state index in [9.17, 15) is 0 Å². The molecule has 1 saturated heterocycles. The van der Waals surface area contributed by atoms with Gasteiger partial charge >= 0.3 is 0 Å². The van der Waals surface area contributed by atoms with Crippen LogP contribution in [0, 0.1) is 0 Å². The largest absolute Gasteiger partial charge is 0.496 e. The second-order valence-corrected chi connectivity index (χ2v) is 5.39. The summed E-state index contributed by atoms with van der Waals surface area (Å²) < 4.78 is 21.9. The van der Waals surface area contributed by atoms with E-state index < -0.39 is 0 Å². The Balaban J connectivity index is 2.40. The molecule has 0 amide bonds. The molecule has 2 atom stereocenters. The highest BCUT2D eigenvalue weighted by atomic mass is 79.9. The van der Waals surface area contributed by atoms with Gasteiger partial charge in [-0.05, 0) is 12.8 Å². The third-order valence-electron chi connectivity index (χ3n) is 3.32. The van der Waals surface area contributed by atoms with Crippen LogP contribution >= 0.6 is 15.9 Å². The molecule has 0 N–H and O–H groups in total. The molecule has 0 bridgehead atoms. The molecule has 1 aliphatic heterocycles. The van der Waals surface area contributed by atoms with Crippen molar-refractivity contribution < 1.29 is 18.9 Å². The normalized spacial score (nSPS) is 20.1. The number of benzene rings is 1. The van der Waals surface area contributed by atoms with Gasteiger partial charge in [-0.2, -0.15) is 0 Å². The van der Waals surface area contributed by atoms with Crippen molar-refractivity contribution in [2.24, 2.45) is 0 Å². The maximum Gasteiger partial charge on any atom is 0.130 e. The lowest BCUT2D eigenvalue weighted by Gasteiger charge is -2.22. The zero-order valence-electron chi connectivity index (χ0n) is 11.4. The molecule has 1 fully saturated rings. The molecule has 0 radical (unpaired) electrons. The number of rotatable bonds is 5. The minimum atomic E-state index is 0.0470. The summed E-state index contributed by atoms with van der Waals surface area (Å²) in [6.07, 6.45) is 2.28. The van der Waals surface area contributed by atoms with Crippen LogP contribution in [0.3, 0.4) is 0 Å². The zero-order chi connectivity index (χ0) is 13.8. The Bertz CT molecular complexity index is 404. The first-order valence-electron chi connectivity index (χ1n) is 6.26. The van der Waals surface area contributed by atoms with E-state index in [-0.39, 0.29) is 10.9 Å². The molecular weight excluding hydrogens is 312 g/mol. The Kier molecular flexibility index (Phi) is 4.93. The van der Waals surface area contributed by atoms with Crippen molar-refractivity contribution in [3.63, 3.8) is 0 Å². The molecule has 0 spiro atoms. The van der Waals surface area contributed by atoms with Crippen molar-refractivity contribution in [3.8, 4) is 17.2 Å². The number of hydrogen-bond acceptors (Lipinski definition) is 4. The van der Waals surface area contributed by atoms with Crippen LogP contribution in [-0.4, -0.2) is 34.0 Å². The highest BCUT2D eigenvalue weighted by molar-refractivity contribution is 9.09. The van der Waals surface area contributed by atoms with Gasteiger partial charge in [-0.1, -0.05) is 15.9 Å². The van der Waals surface area contributed by atoms with Gasteiger partial charge in [-0.3, -0.25) is 0 Å². The summed E-state index contributed by atoms with van der Waals surface area (Å²) in [4.78, 5) is 0.0470. The number of methoxy groups -OCH3 is 3. The quantitative estimate of drug-likeness (QED) is 0.776. The molecule has 1 aromatic carbocycles. The number of ether oxygens (including phenoxy) is 4. The number of hydrogen-bond donors (Lipinski definition) is 0. The topological polar surface area (TPSA) is 36.9 Å². The molecule has 106 valence electrons.